The first-order valence-electron chi connectivity index (χ1n) is 7.11. The predicted molar refractivity (Wildman–Crippen MR) is 86.0 cm³/mol. The van der Waals surface area contributed by atoms with Gasteiger partial charge in [-0.15, -0.1) is 24.8 Å². The van der Waals surface area contributed by atoms with Gasteiger partial charge in [0.15, 0.2) is 0 Å². The number of H-pyrrole nitrogens is 1. The molecule has 2 fully saturated rings. The lowest BCUT2D eigenvalue weighted by Crippen LogP contribution is -2.47. The van der Waals surface area contributed by atoms with E-state index in [1.165, 1.54) is 18.5 Å². The molecule has 0 radical (unpaired) electrons. The van der Waals surface area contributed by atoms with E-state index in [0.717, 1.165) is 45.3 Å². The van der Waals surface area contributed by atoms with E-state index in [1.54, 1.807) is 0 Å². The minimum absolute atomic E-state index is 0. The molecule has 0 amide bonds. The summed E-state index contributed by atoms with van der Waals surface area (Å²) in [5.41, 5.74) is 1.38. The summed E-state index contributed by atoms with van der Waals surface area (Å²) >= 11 is 0. The van der Waals surface area contributed by atoms with Gasteiger partial charge in [0.1, 0.15) is 0 Å². The number of piperazine rings is 1. The predicted octanol–water partition coefficient (Wildman–Crippen LogP) is 2.23. The fourth-order valence-electron chi connectivity index (χ4n) is 3.27. The van der Waals surface area contributed by atoms with E-state index in [9.17, 15) is 0 Å². The third-order valence-electron chi connectivity index (χ3n) is 4.20. The van der Waals surface area contributed by atoms with Crippen molar-refractivity contribution in [1.82, 2.24) is 15.2 Å². The molecule has 0 saturated carbocycles. The molecule has 1 atom stereocenters. The molecule has 20 heavy (non-hydrogen) atoms. The summed E-state index contributed by atoms with van der Waals surface area (Å²) in [5.74, 6) is 0.732. The Bertz CT molecular complexity index is 331. The van der Waals surface area contributed by atoms with E-state index in [2.05, 4.69) is 27.3 Å². The van der Waals surface area contributed by atoms with Crippen LogP contribution in [0.5, 0.6) is 0 Å². The van der Waals surface area contributed by atoms with Gasteiger partial charge in [0, 0.05) is 51.3 Å². The summed E-state index contributed by atoms with van der Waals surface area (Å²) in [7, 11) is 0. The van der Waals surface area contributed by atoms with Gasteiger partial charge in [-0.25, -0.2) is 0 Å². The molecule has 4 nitrogen and oxygen atoms in total. The number of ether oxygens (including phenoxy) is 1. The molecule has 0 aliphatic carbocycles. The highest BCUT2D eigenvalue weighted by Gasteiger charge is 2.31. The number of nitrogens with one attached hydrogen (secondary N) is 2. The van der Waals surface area contributed by atoms with Gasteiger partial charge in [0.05, 0.1) is 6.04 Å². The zero-order chi connectivity index (χ0) is 12.2. The van der Waals surface area contributed by atoms with Crippen LogP contribution in [0.15, 0.2) is 18.3 Å². The Kier molecular flexibility index (Phi) is 7.92. The molecule has 2 aliphatic rings. The van der Waals surface area contributed by atoms with Crippen LogP contribution in [0, 0.1) is 5.92 Å². The van der Waals surface area contributed by atoms with E-state index in [0.29, 0.717) is 6.04 Å². The van der Waals surface area contributed by atoms with Crippen LogP contribution in [0.2, 0.25) is 0 Å². The van der Waals surface area contributed by atoms with E-state index >= 15 is 0 Å². The Morgan fingerprint density at radius 2 is 1.85 bits per heavy atom. The van der Waals surface area contributed by atoms with Crippen molar-refractivity contribution in [2.45, 2.75) is 18.9 Å². The van der Waals surface area contributed by atoms with Gasteiger partial charge in [-0.3, -0.25) is 4.90 Å². The summed E-state index contributed by atoms with van der Waals surface area (Å²) in [4.78, 5) is 6.07. The highest BCUT2D eigenvalue weighted by atomic mass is 35.5. The molecule has 116 valence electrons. The first kappa shape index (κ1) is 17.8. The van der Waals surface area contributed by atoms with Crippen LogP contribution in [-0.4, -0.2) is 49.3 Å². The van der Waals surface area contributed by atoms with Crippen LogP contribution in [-0.2, 0) is 4.74 Å². The molecule has 3 rings (SSSR count). The molecule has 6 heteroatoms. The highest BCUT2D eigenvalue weighted by Crippen LogP contribution is 2.34. The Balaban J connectivity index is 0.000001000. The minimum Gasteiger partial charge on any atom is -0.381 e. The standard InChI is InChI=1S/C14H23N3O.2ClH/c1-2-13(16-5-1)14(12-3-10-18-11-4-12)17-8-6-15-7-9-17;;/h1-2,5,12,14-16H,3-4,6-11H2;2*1H/t14-;;/m0../s1. The van der Waals surface area contributed by atoms with Crippen molar-refractivity contribution >= 4 is 24.8 Å². The molecule has 2 saturated heterocycles. The van der Waals surface area contributed by atoms with Crippen LogP contribution < -0.4 is 5.32 Å². The molecule has 2 aliphatic heterocycles. The van der Waals surface area contributed by atoms with E-state index in [4.69, 9.17) is 4.74 Å². The molecule has 0 aromatic carbocycles. The summed E-state index contributed by atoms with van der Waals surface area (Å²) in [6, 6.07) is 4.90. The average Bonchev–Trinajstić information content (AvgIpc) is 2.95. The number of halogens is 2. The normalized spacial score (nSPS) is 22.6. The second-order valence-electron chi connectivity index (χ2n) is 5.31. The van der Waals surface area contributed by atoms with Crippen molar-refractivity contribution in [3.8, 4) is 0 Å². The maximum Gasteiger partial charge on any atom is 0.0529 e. The van der Waals surface area contributed by atoms with Gasteiger partial charge in [-0.2, -0.15) is 0 Å². The first-order chi connectivity index (χ1) is 8.95. The van der Waals surface area contributed by atoms with Gasteiger partial charge in [-0.05, 0) is 30.9 Å². The molecular weight excluding hydrogens is 297 g/mol. The van der Waals surface area contributed by atoms with E-state index in [1.807, 2.05) is 6.20 Å². The first-order valence-corrected chi connectivity index (χ1v) is 7.11. The third-order valence-corrected chi connectivity index (χ3v) is 4.20. The fourth-order valence-corrected chi connectivity index (χ4v) is 3.27. The van der Waals surface area contributed by atoms with Crippen LogP contribution in [0.3, 0.4) is 0 Å². The van der Waals surface area contributed by atoms with Crippen LogP contribution in [0.25, 0.3) is 0 Å². The van der Waals surface area contributed by atoms with Crippen molar-refractivity contribution in [2.75, 3.05) is 39.4 Å². The Hall–Kier alpha value is -0.260. The van der Waals surface area contributed by atoms with Crippen LogP contribution >= 0.6 is 24.8 Å². The van der Waals surface area contributed by atoms with E-state index < -0.39 is 0 Å². The summed E-state index contributed by atoms with van der Waals surface area (Å²) in [6.07, 6.45) is 4.42. The Morgan fingerprint density at radius 3 is 2.45 bits per heavy atom. The fraction of sp³-hybridized carbons (Fsp3) is 0.714. The smallest absolute Gasteiger partial charge is 0.0529 e. The lowest BCUT2D eigenvalue weighted by Gasteiger charge is -2.40. The number of rotatable bonds is 3. The summed E-state index contributed by atoms with van der Waals surface area (Å²) in [6.45, 7) is 6.38. The van der Waals surface area contributed by atoms with Crippen LogP contribution in [0.1, 0.15) is 24.6 Å². The largest absolute Gasteiger partial charge is 0.381 e. The maximum absolute atomic E-state index is 5.51. The monoisotopic (exact) mass is 321 g/mol. The molecule has 1 aromatic rings. The van der Waals surface area contributed by atoms with Crippen molar-refractivity contribution in [3.05, 3.63) is 24.0 Å². The Morgan fingerprint density at radius 1 is 1.15 bits per heavy atom. The Labute approximate surface area is 133 Å². The van der Waals surface area contributed by atoms with Crippen molar-refractivity contribution in [1.29, 1.82) is 0 Å². The number of hydrogen-bond donors (Lipinski definition) is 2. The second-order valence-corrected chi connectivity index (χ2v) is 5.31. The molecule has 0 unspecified atom stereocenters. The number of hydrogen-bond acceptors (Lipinski definition) is 3. The van der Waals surface area contributed by atoms with Gasteiger partial charge in [0.2, 0.25) is 0 Å². The topological polar surface area (TPSA) is 40.3 Å². The molecule has 3 heterocycles. The van der Waals surface area contributed by atoms with Gasteiger partial charge < -0.3 is 15.0 Å². The lowest BCUT2D eigenvalue weighted by molar-refractivity contribution is 0.0202. The number of aromatic amines is 1. The minimum atomic E-state index is 0. The van der Waals surface area contributed by atoms with E-state index in [-0.39, 0.29) is 24.8 Å². The molecular formula is C14H25Cl2N3O. The number of aromatic nitrogens is 1. The van der Waals surface area contributed by atoms with Gasteiger partial charge in [0.25, 0.3) is 0 Å². The van der Waals surface area contributed by atoms with Crippen molar-refractivity contribution in [2.24, 2.45) is 5.92 Å². The molecule has 1 aromatic heterocycles. The second kappa shape index (κ2) is 8.90. The van der Waals surface area contributed by atoms with Gasteiger partial charge in [-0.1, -0.05) is 0 Å². The molecule has 0 bridgehead atoms. The number of nitrogens with zero attached hydrogens (tertiary/aromatic N) is 1. The highest BCUT2D eigenvalue weighted by molar-refractivity contribution is 5.85. The average molecular weight is 322 g/mol. The quantitative estimate of drug-likeness (QED) is 0.897. The van der Waals surface area contributed by atoms with Crippen LogP contribution in [0.4, 0.5) is 0 Å². The maximum atomic E-state index is 5.51. The van der Waals surface area contributed by atoms with Crippen molar-refractivity contribution in [3.63, 3.8) is 0 Å². The molecule has 2 N–H and O–H groups in total. The zero-order valence-electron chi connectivity index (χ0n) is 11.7. The summed E-state index contributed by atoms with van der Waals surface area (Å²) in [5, 5.41) is 3.44. The van der Waals surface area contributed by atoms with Crippen molar-refractivity contribution < 1.29 is 4.74 Å². The zero-order valence-corrected chi connectivity index (χ0v) is 13.3. The molecule has 0 spiro atoms. The summed E-state index contributed by atoms with van der Waals surface area (Å²) < 4.78 is 5.51. The van der Waals surface area contributed by atoms with Gasteiger partial charge >= 0.3 is 0 Å². The lowest BCUT2D eigenvalue weighted by atomic mass is 9.88. The SMILES string of the molecule is Cl.Cl.c1c[nH]c([C@H](C2CCOCC2)N2CCNCC2)c1. The third kappa shape index (κ3) is 4.12.